The van der Waals surface area contributed by atoms with Crippen molar-refractivity contribution in [3.63, 3.8) is 0 Å². The molecule has 0 aromatic rings. The Labute approximate surface area is 193 Å². The molecule has 7 nitrogen and oxygen atoms in total. The van der Waals surface area contributed by atoms with Crippen molar-refractivity contribution in [3.05, 3.63) is 0 Å². The van der Waals surface area contributed by atoms with Gasteiger partial charge in [-0.2, -0.15) is 17.5 Å². The van der Waals surface area contributed by atoms with Gasteiger partial charge in [0.05, 0.1) is 6.10 Å². The Kier molecular flexibility index (Phi) is 8.34. The third kappa shape index (κ3) is 5.01. The van der Waals surface area contributed by atoms with Crippen molar-refractivity contribution >= 4 is 40.0 Å². The van der Waals surface area contributed by atoms with Crippen LogP contribution in [0.15, 0.2) is 4.99 Å². The topological polar surface area (TPSA) is 83.0 Å². The Hall–Kier alpha value is -0.340. The van der Waals surface area contributed by atoms with E-state index in [1.165, 1.54) is 0 Å². The maximum atomic E-state index is 12.7. The van der Waals surface area contributed by atoms with Crippen molar-refractivity contribution in [3.8, 4) is 0 Å². The zero-order chi connectivity index (χ0) is 21.4. The highest BCUT2D eigenvalue weighted by molar-refractivity contribution is 14.0. The molecule has 0 bridgehead atoms. The second kappa shape index (κ2) is 9.65. The molecular weight excluding hydrogens is 536 g/mol. The van der Waals surface area contributed by atoms with E-state index in [1.807, 2.05) is 6.92 Å². The number of hydrogen-bond acceptors (Lipinski definition) is 4. The molecule has 0 spiro atoms. The molecule has 3 rings (SSSR count). The first-order valence-electron chi connectivity index (χ1n) is 10.2. The lowest BCUT2D eigenvalue weighted by Crippen LogP contribution is -2.68. The van der Waals surface area contributed by atoms with Gasteiger partial charge in [-0.1, -0.05) is 13.8 Å². The minimum absolute atomic E-state index is 0. The second-order valence-corrected chi connectivity index (χ2v) is 10.6. The number of fused-ring (bicyclic) bond motifs is 1. The number of nitrogens with one attached hydrogen (secondary N) is 2. The van der Waals surface area contributed by atoms with E-state index in [0.717, 1.165) is 13.0 Å². The monoisotopic (exact) mass is 568 g/mol. The molecule has 12 heteroatoms. The van der Waals surface area contributed by atoms with Crippen LogP contribution in [-0.2, 0) is 14.8 Å². The van der Waals surface area contributed by atoms with Crippen molar-refractivity contribution < 1.29 is 26.3 Å². The van der Waals surface area contributed by atoms with Gasteiger partial charge in [-0.15, -0.1) is 24.0 Å². The molecule has 2 saturated heterocycles. The van der Waals surface area contributed by atoms with Gasteiger partial charge in [0, 0.05) is 50.2 Å². The number of aliphatic imine (C=N–C) groups is 1. The molecule has 0 aromatic carbocycles. The summed E-state index contributed by atoms with van der Waals surface area (Å²) in [5, 5.41) is 6.75. The highest BCUT2D eigenvalue weighted by Gasteiger charge is 2.59. The Bertz CT molecular complexity index is 725. The molecule has 1 aliphatic carbocycles. The van der Waals surface area contributed by atoms with Crippen LogP contribution in [0.4, 0.5) is 13.2 Å². The van der Waals surface area contributed by atoms with Crippen LogP contribution >= 0.6 is 24.0 Å². The number of sulfonamides is 1. The minimum Gasteiger partial charge on any atom is -0.377 e. The number of nitrogens with zero attached hydrogens (tertiary/aromatic N) is 2. The summed E-state index contributed by atoms with van der Waals surface area (Å²) in [6.45, 7) is 8.02. The van der Waals surface area contributed by atoms with E-state index in [4.69, 9.17) is 4.74 Å². The molecule has 0 aromatic heterocycles. The normalized spacial score (nSPS) is 30.2. The summed E-state index contributed by atoms with van der Waals surface area (Å²) < 4.78 is 67.5. The quantitative estimate of drug-likeness (QED) is 0.303. The third-order valence-electron chi connectivity index (χ3n) is 6.45. The Morgan fingerprint density at radius 2 is 1.87 bits per heavy atom. The van der Waals surface area contributed by atoms with E-state index in [2.05, 4.69) is 29.5 Å². The molecule has 0 amide bonds. The molecule has 0 radical (unpaired) electrons. The fraction of sp³-hybridized carbons (Fsp3) is 0.944. The summed E-state index contributed by atoms with van der Waals surface area (Å²) in [4.78, 5) is 4.64. The number of halogens is 4. The molecule has 2 aliphatic heterocycles. The first-order chi connectivity index (χ1) is 13.5. The second-order valence-electron chi connectivity index (χ2n) is 8.70. The van der Waals surface area contributed by atoms with Crippen molar-refractivity contribution in [2.24, 2.45) is 22.2 Å². The SMILES string of the molecule is CCNC(=NCC1CCN(S(=O)(=O)C(F)(F)F)CC1)NC1C2CCOC2C1(C)C.I. The first kappa shape index (κ1) is 25.9. The minimum atomic E-state index is -5.24. The number of rotatable bonds is 5. The highest BCUT2D eigenvalue weighted by Crippen LogP contribution is 2.52. The molecule has 3 atom stereocenters. The van der Waals surface area contributed by atoms with Gasteiger partial charge in [0.25, 0.3) is 0 Å². The lowest BCUT2D eigenvalue weighted by molar-refractivity contribution is -0.106. The fourth-order valence-electron chi connectivity index (χ4n) is 4.78. The van der Waals surface area contributed by atoms with Gasteiger partial charge in [0.15, 0.2) is 5.96 Å². The number of ether oxygens (including phenoxy) is 1. The third-order valence-corrected chi connectivity index (χ3v) is 8.08. The highest BCUT2D eigenvalue weighted by atomic mass is 127. The van der Waals surface area contributed by atoms with Gasteiger partial charge in [-0.3, -0.25) is 4.99 Å². The standard InChI is InChI=1S/C18H31F3N4O3S.HI/c1-4-22-16(24-14-13-7-10-28-15(13)17(14,2)3)23-11-12-5-8-25(9-6-12)29(26,27)18(19,20)21;/h12-15H,4-11H2,1-3H3,(H2,22,23,24);1H. The molecule has 3 fully saturated rings. The van der Waals surface area contributed by atoms with Gasteiger partial charge in [0.1, 0.15) is 0 Å². The number of hydrogen-bond donors (Lipinski definition) is 2. The Morgan fingerprint density at radius 3 is 2.43 bits per heavy atom. The van der Waals surface area contributed by atoms with Crippen LogP contribution in [0.3, 0.4) is 0 Å². The predicted molar refractivity (Wildman–Crippen MR) is 119 cm³/mol. The van der Waals surface area contributed by atoms with Crippen LogP contribution in [0.1, 0.15) is 40.0 Å². The summed E-state index contributed by atoms with van der Waals surface area (Å²) >= 11 is 0. The Balaban J connectivity index is 0.00000320. The summed E-state index contributed by atoms with van der Waals surface area (Å²) in [6, 6.07) is 0.256. The van der Waals surface area contributed by atoms with Crippen molar-refractivity contribution in [2.75, 3.05) is 32.8 Å². The molecule has 176 valence electrons. The molecular formula is C18H32F3IN4O3S. The smallest absolute Gasteiger partial charge is 0.377 e. The predicted octanol–water partition coefficient (Wildman–Crippen LogP) is 2.53. The molecule has 3 unspecified atom stereocenters. The van der Waals surface area contributed by atoms with E-state index in [9.17, 15) is 21.6 Å². The van der Waals surface area contributed by atoms with Gasteiger partial charge < -0.3 is 15.4 Å². The number of guanidine groups is 1. The van der Waals surface area contributed by atoms with E-state index in [-0.39, 0.29) is 60.5 Å². The summed E-state index contributed by atoms with van der Waals surface area (Å²) in [6.07, 6.45) is 2.03. The van der Waals surface area contributed by atoms with E-state index < -0.39 is 15.5 Å². The average Bonchev–Trinajstić information content (AvgIpc) is 3.10. The summed E-state index contributed by atoms with van der Waals surface area (Å²) in [5.74, 6) is 1.22. The van der Waals surface area contributed by atoms with Crippen LogP contribution in [-0.4, -0.2) is 69.1 Å². The molecule has 1 saturated carbocycles. The van der Waals surface area contributed by atoms with E-state index in [1.54, 1.807) is 0 Å². The number of piperidine rings is 1. The average molecular weight is 568 g/mol. The van der Waals surface area contributed by atoms with Crippen molar-refractivity contribution in [1.82, 2.24) is 14.9 Å². The fourth-order valence-corrected chi connectivity index (χ4v) is 5.77. The van der Waals surface area contributed by atoms with Crippen LogP contribution in [0.2, 0.25) is 0 Å². The zero-order valence-corrected chi connectivity index (χ0v) is 20.7. The van der Waals surface area contributed by atoms with Crippen LogP contribution in [0, 0.1) is 17.3 Å². The maximum Gasteiger partial charge on any atom is 0.511 e. The van der Waals surface area contributed by atoms with Gasteiger partial charge in [0.2, 0.25) is 0 Å². The van der Waals surface area contributed by atoms with E-state index in [0.29, 0.717) is 42.1 Å². The molecule has 2 N–H and O–H groups in total. The Morgan fingerprint density at radius 1 is 1.23 bits per heavy atom. The zero-order valence-electron chi connectivity index (χ0n) is 17.5. The van der Waals surface area contributed by atoms with Crippen LogP contribution in [0.25, 0.3) is 0 Å². The van der Waals surface area contributed by atoms with E-state index >= 15 is 0 Å². The molecule has 30 heavy (non-hydrogen) atoms. The maximum absolute atomic E-state index is 12.7. The lowest BCUT2D eigenvalue weighted by atomic mass is 9.57. The van der Waals surface area contributed by atoms with Gasteiger partial charge >= 0.3 is 15.5 Å². The summed E-state index contributed by atoms with van der Waals surface area (Å²) in [5.41, 5.74) is -5.23. The van der Waals surface area contributed by atoms with Crippen LogP contribution in [0.5, 0.6) is 0 Å². The molecule has 3 aliphatic rings. The van der Waals surface area contributed by atoms with Gasteiger partial charge in [-0.25, -0.2) is 8.42 Å². The number of alkyl halides is 3. The largest absolute Gasteiger partial charge is 0.511 e. The first-order valence-corrected chi connectivity index (χ1v) is 11.7. The summed E-state index contributed by atoms with van der Waals surface area (Å²) in [7, 11) is -5.23. The van der Waals surface area contributed by atoms with Crippen molar-refractivity contribution in [2.45, 2.75) is 57.7 Å². The van der Waals surface area contributed by atoms with Gasteiger partial charge in [-0.05, 0) is 32.1 Å². The molecule has 2 heterocycles. The lowest BCUT2D eigenvalue weighted by Gasteiger charge is -2.55. The van der Waals surface area contributed by atoms with Crippen LogP contribution < -0.4 is 10.6 Å². The van der Waals surface area contributed by atoms with Crippen molar-refractivity contribution in [1.29, 1.82) is 0 Å².